The molecule has 0 spiro atoms. The molecule has 2 aromatic rings. The molecule has 110 valence electrons. The van der Waals surface area contributed by atoms with Gasteiger partial charge in [0, 0.05) is 16.6 Å². The summed E-state index contributed by atoms with van der Waals surface area (Å²) >= 11 is 4.97. The lowest BCUT2D eigenvalue weighted by molar-refractivity contribution is -0.111. The Hall–Kier alpha value is -1.59. The number of thiophene rings is 1. The van der Waals surface area contributed by atoms with Crippen molar-refractivity contribution in [2.75, 3.05) is 11.9 Å². The molecule has 1 N–H and O–H groups in total. The highest BCUT2D eigenvalue weighted by atomic mass is 79.9. The lowest BCUT2D eigenvalue weighted by atomic mass is 10.3. The van der Waals surface area contributed by atoms with Crippen LogP contribution in [0, 0.1) is 0 Å². The van der Waals surface area contributed by atoms with Gasteiger partial charge in [0.05, 0.1) is 10.4 Å². The number of hydrogen-bond acceptors (Lipinski definition) is 3. The van der Waals surface area contributed by atoms with Crippen molar-refractivity contribution >= 4 is 44.9 Å². The van der Waals surface area contributed by atoms with Crippen LogP contribution in [-0.2, 0) is 4.79 Å². The van der Waals surface area contributed by atoms with Crippen molar-refractivity contribution < 1.29 is 9.53 Å². The van der Waals surface area contributed by atoms with Gasteiger partial charge < -0.3 is 10.1 Å². The van der Waals surface area contributed by atoms with Crippen molar-refractivity contribution in [2.45, 2.75) is 13.3 Å². The van der Waals surface area contributed by atoms with Gasteiger partial charge in [0.15, 0.2) is 0 Å². The summed E-state index contributed by atoms with van der Waals surface area (Å²) in [6, 6.07) is 11.3. The van der Waals surface area contributed by atoms with Gasteiger partial charge >= 0.3 is 0 Å². The molecular formula is C16H16BrNO2S. The van der Waals surface area contributed by atoms with E-state index < -0.39 is 0 Å². The van der Waals surface area contributed by atoms with Crippen molar-refractivity contribution in [3.63, 3.8) is 0 Å². The minimum absolute atomic E-state index is 0.151. The second-order valence-corrected chi connectivity index (χ2v) is 6.83. The second kappa shape index (κ2) is 8.00. The molecule has 0 bridgehead atoms. The van der Waals surface area contributed by atoms with E-state index >= 15 is 0 Å². The van der Waals surface area contributed by atoms with Crippen molar-refractivity contribution in [1.29, 1.82) is 0 Å². The van der Waals surface area contributed by atoms with Crippen LogP contribution < -0.4 is 10.1 Å². The Morgan fingerprint density at radius 3 is 2.67 bits per heavy atom. The number of carbonyl (C=O) groups excluding carboxylic acids is 1. The molecular weight excluding hydrogens is 350 g/mol. The monoisotopic (exact) mass is 365 g/mol. The third-order valence-electron chi connectivity index (χ3n) is 2.59. The van der Waals surface area contributed by atoms with E-state index in [0.29, 0.717) is 6.61 Å². The van der Waals surface area contributed by atoms with Crippen LogP contribution in [0.15, 0.2) is 46.3 Å². The van der Waals surface area contributed by atoms with Gasteiger partial charge in [-0.1, -0.05) is 6.92 Å². The molecule has 1 aromatic heterocycles. The van der Waals surface area contributed by atoms with E-state index in [4.69, 9.17) is 4.74 Å². The van der Waals surface area contributed by atoms with Crippen molar-refractivity contribution in [1.82, 2.24) is 0 Å². The quantitative estimate of drug-likeness (QED) is 0.735. The molecule has 3 nitrogen and oxygen atoms in total. The Balaban J connectivity index is 1.88. The Labute approximate surface area is 136 Å². The van der Waals surface area contributed by atoms with Crippen LogP contribution in [0.25, 0.3) is 6.08 Å². The average molecular weight is 366 g/mol. The van der Waals surface area contributed by atoms with E-state index in [0.717, 1.165) is 26.5 Å². The molecule has 0 unspecified atom stereocenters. The van der Waals surface area contributed by atoms with Gasteiger partial charge in [-0.25, -0.2) is 0 Å². The lowest BCUT2D eigenvalue weighted by Crippen LogP contribution is -2.07. The van der Waals surface area contributed by atoms with E-state index in [1.165, 1.54) is 6.08 Å². The summed E-state index contributed by atoms with van der Waals surface area (Å²) in [5.41, 5.74) is 0.751. The molecule has 1 aromatic carbocycles. The zero-order valence-corrected chi connectivity index (χ0v) is 14.0. The summed E-state index contributed by atoms with van der Waals surface area (Å²) in [5.74, 6) is 0.663. The molecule has 0 saturated heterocycles. The average Bonchev–Trinajstić information content (AvgIpc) is 2.90. The second-order valence-electron chi connectivity index (χ2n) is 4.34. The van der Waals surface area contributed by atoms with E-state index in [1.54, 1.807) is 17.4 Å². The number of benzene rings is 1. The number of ether oxygens (including phenoxy) is 1. The molecule has 5 heteroatoms. The maximum Gasteiger partial charge on any atom is 0.248 e. The Morgan fingerprint density at radius 1 is 1.29 bits per heavy atom. The van der Waals surface area contributed by atoms with Gasteiger partial charge in [-0.3, -0.25) is 4.79 Å². The molecule has 21 heavy (non-hydrogen) atoms. The minimum atomic E-state index is -0.151. The first-order valence-electron chi connectivity index (χ1n) is 6.64. The lowest BCUT2D eigenvalue weighted by Gasteiger charge is -2.06. The van der Waals surface area contributed by atoms with E-state index in [-0.39, 0.29) is 5.91 Å². The van der Waals surface area contributed by atoms with Crippen molar-refractivity contribution in [2.24, 2.45) is 0 Å². The Kier molecular flexibility index (Phi) is 6.02. The van der Waals surface area contributed by atoms with E-state index in [9.17, 15) is 4.79 Å². The summed E-state index contributed by atoms with van der Waals surface area (Å²) < 4.78 is 6.54. The number of hydrogen-bond donors (Lipinski definition) is 1. The third-order valence-corrected chi connectivity index (χ3v) is 4.18. The molecule has 0 aliphatic carbocycles. The fraction of sp³-hybridized carbons (Fsp3) is 0.188. The zero-order valence-electron chi connectivity index (χ0n) is 11.6. The highest BCUT2D eigenvalue weighted by Gasteiger charge is 2.00. The first-order chi connectivity index (χ1) is 10.2. The van der Waals surface area contributed by atoms with Crippen LogP contribution in [0.1, 0.15) is 18.2 Å². The molecule has 2 rings (SSSR count). The molecule has 0 saturated carbocycles. The summed E-state index contributed by atoms with van der Waals surface area (Å²) in [7, 11) is 0. The summed E-state index contributed by atoms with van der Waals surface area (Å²) in [6.07, 6.45) is 4.30. The highest BCUT2D eigenvalue weighted by molar-refractivity contribution is 9.11. The van der Waals surface area contributed by atoms with Gasteiger partial charge in [-0.2, -0.15) is 0 Å². The van der Waals surface area contributed by atoms with E-state index in [2.05, 4.69) is 28.2 Å². The molecule has 0 radical (unpaired) electrons. The Bertz CT molecular complexity index is 619. The van der Waals surface area contributed by atoms with Crippen LogP contribution in [0.3, 0.4) is 0 Å². The van der Waals surface area contributed by atoms with Gasteiger partial charge in [0.1, 0.15) is 5.75 Å². The van der Waals surface area contributed by atoms with Crippen LogP contribution in [0.4, 0.5) is 5.69 Å². The van der Waals surface area contributed by atoms with Gasteiger partial charge in [0.2, 0.25) is 5.91 Å². The standard InChI is InChI=1S/C16H16BrNO2S/c1-2-11-20-13-5-3-12(4-6-13)18-16(19)10-8-14-7-9-15(17)21-14/h3-10H,2,11H2,1H3,(H,18,19)/b10-8+. The minimum Gasteiger partial charge on any atom is -0.494 e. The Morgan fingerprint density at radius 2 is 2.05 bits per heavy atom. The first-order valence-corrected chi connectivity index (χ1v) is 8.25. The van der Waals surface area contributed by atoms with Gasteiger partial charge in [0.25, 0.3) is 0 Å². The van der Waals surface area contributed by atoms with E-state index in [1.807, 2.05) is 36.4 Å². The first kappa shape index (κ1) is 15.8. The summed E-state index contributed by atoms with van der Waals surface area (Å²) in [4.78, 5) is 12.8. The van der Waals surface area contributed by atoms with Crippen LogP contribution >= 0.6 is 27.3 Å². The van der Waals surface area contributed by atoms with Gasteiger partial charge in [-0.15, -0.1) is 11.3 Å². The molecule has 0 aliphatic rings. The highest BCUT2D eigenvalue weighted by Crippen LogP contribution is 2.23. The van der Waals surface area contributed by atoms with Crippen LogP contribution in [0.5, 0.6) is 5.75 Å². The maximum absolute atomic E-state index is 11.8. The third kappa shape index (κ3) is 5.36. The number of amides is 1. The topological polar surface area (TPSA) is 38.3 Å². The number of rotatable bonds is 6. The number of anilines is 1. The SMILES string of the molecule is CCCOc1ccc(NC(=O)/C=C/c2ccc(Br)s2)cc1. The van der Waals surface area contributed by atoms with Crippen molar-refractivity contribution in [3.05, 3.63) is 51.1 Å². The number of carbonyl (C=O) groups is 1. The van der Waals surface area contributed by atoms with Gasteiger partial charge in [-0.05, 0) is 64.8 Å². The van der Waals surface area contributed by atoms with Crippen molar-refractivity contribution in [3.8, 4) is 5.75 Å². The molecule has 0 fully saturated rings. The molecule has 0 atom stereocenters. The maximum atomic E-state index is 11.8. The molecule has 1 heterocycles. The predicted molar refractivity (Wildman–Crippen MR) is 91.9 cm³/mol. The van der Waals surface area contributed by atoms with Crippen LogP contribution in [0.2, 0.25) is 0 Å². The summed E-state index contributed by atoms with van der Waals surface area (Å²) in [6.45, 7) is 2.76. The fourth-order valence-corrected chi connectivity index (χ4v) is 2.94. The summed E-state index contributed by atoms with van der Waals surface area (Å²) in [5, 5.41) is 2.81. The molecule has 0 aliphatic heterocycles. The normalized spacial score (nSPS) is 10.8. The fourth-order valence-electron chi connectivity index (χ4n) is 1.61. The largest absolute Gasteiger partial charge is 0.494 e. The number of nitrogens with one attached hydrogen (secondary N) is 1. The molecule has 1 amide bonds. The smallest absolute Gasteiger partial charge is 0.248 e. The zero-order chi connectivity index (χ0) is 15.1. The predicted octanol–water partition coefficient (Wildman–Crippen LogP) is 4.95. The van der Waals surface area contributed by atoms with Crippen LogP contribution in [-0.4, -0.2) is 12.5 Å². The number of halogens is 1.